The standard InChI is InChI=1S/C27H24Cl2N4O6S/c1-16-24(26(35)33(32(16)3)21-10-5-4-6-11-21)31-40(37,38)23-14-18(12-13-22(23)29)27(36)39-17(2)25(34)30-20-9-7-8-19(28)15-20/h4-15,17,31H,1-3H3,(H,30,34). The summed E-state index contributed by atoms with van der Waals surface area (Å²) in [4.78, 5) is 38.0. The van der Waals surface area contributed by atoms with Gasteiger partial charge in [-0.2, -0.15) is 0 Å². The van der Waals surface area contributed by atoms with E-state index in [9.17, 15) is 22.8 Å². The van der Waals surface area contributed by atoms with Crippen molar-refractivity contribution in [2.45, 2.75) is 24.8 Å². The fraction of sp³-hybridized carbons (Fsp3) is 0.148. The van der Waals surface area contributed by atoms with Crippen LogP contribution >= 0.6 is 23.2 Å². The largest absolute Gasteiger partial charge is 0.449 e. The summed E-state index contributed by atoms with van der Waals surface area (Å²) in [5, 5.41) is 2.80. The highest BCUT2D eigenvalue weighted by Crippen LogP contribution is 2.26. The summed E-state index contributed by atoms with van der Waals surface area (Å²) in [6, 6.07) is 18.6. The summed E-state index contributed by atoms with van der Waals surface area (Å²) >= 11 is 12.1. The summed E-state index contributed by atoms with van der Waals surface area (Å²) in [7, 11) is -2.81. The number of carbonyl (C=O) groups is 2. The number of carbonyl (C=O) groups excluding carboxylic acids is 2. The third-order valence-electron chi connectivity index (χ3n) is 5.99. The van der Waals surface area contributed by atoms with Crippen molar-refractivity contribution in [3.05, 3.63) is 104 Å². The van der Waals surface area contributed by atoms with E-state index in [0.717, 1.165) is 6.07 Å². The zero-order valence-electron chi connectivity index (χ0n) is 21.5. The molecule has 4 aromatic rings. The molecule has 0 aliphatic carbocycles. The fourth-order valence-electron chi connectivity index (χ4n) is 3.80. The zero-order chi connectivity index (χ0) is 29.2. The number of aromatic nitrogens is 2. The summed E-state index contributed by atoms with van der Waals surface area (Å²) < 4.78 is 37.1. The van der Waals surface area contributed by atoms with Crippen LogP contribution in [-0.2, 0) is 26.6 Å². The number of hydrogen-bond acceptors (Lipinski definition) is 6. The highest BCUT2D eigenvalue weighted by atomic mass is 35.5. The second-order valence-electron chi connectivity index (χ2n) is 8.73. The molecule has 0 bridgehead atoms. The Labute approximate surface area is 240 Å². The van der Waals surface area contributed by atoms with Crippen LogP contribution in [0.5, 0.6) is 0 Å². The number of para-hydroxylation sites is 1. The van der Waals surface area contributed by atoms with Crippen molar-refractivity contribution < 1.29 is 22.7 Å². The lowest BCUT2D eigenvalue weighted by atomic mass is 10.2. The van der Waals surface area contributed by atoms with Crippen LogP contribution in [0.1, 0.15) is 23.0 Å². The molecule has 3 aromatic carbocycles. The minimum Gasteiger partial charge on any atom is -0.449 e. The highest BCUT2D eigenvalue weighted by Gasteiger charge is 2.26. The number of halogens is 2. The van der Waals surface area contributed by atoms with Gasteiger partial charge >= 0.3 is 5.97 Å². The van der Waals surface area contributed by atoms with Crippen LogP contribution in [0.15, 0.2) is 82.5 Å². The van der Waals surface area contributed by atoms with Crippen molar-refractivity contribution in [3.8, 4) is 5.69 Å². The van der Waals surface area contributed by atoms with Crippen LogP contribution in [-0.4, -0.2) is 35.8 Å². The molecule has 0 aliphatic rings. The summed E-state index contributed by atoms with van der Waals surface area (Å²) in [5.74, 6) is -1.57. The first-order valence-corrected chi connectivity index (χ1v) is 14.1. The average molecular weight is 603 g/mol. The van der Waals surface area contributed by atoms with E-state index in [1.165, 1.54) is 34.5 Å². The maximum atomic E-state index is 13.3. The maximum absolute atomic E-state index is 13.3. The van der Waals surface area contributed by atoms with Gasteiger partial charge in [0.05, 0.1) is 22.0 Å². The smallest absolute Gasteiger partial charge is 0.338 e. The Kier molecular flexibility index (Phi) is 8.38. The molecule has 40 heavy (non-hydrogen) atoms. The number of esters is 1. The van der Waals surface area contributed by atoms with Gasteiger partial charge in [-0.05, 0) is 62.4 Å². The summed E-state index contributed by atoms with van der Waals surface area (Å²) in [5.41, 5.74) is 0.360. The number of amides is 1. The molecule has 13 heteroatoms. The van der Waals surface area contributed by atoms with E-state index in [4.69, 9.17) is 27.9 Å². The molecule has 10 nitrogen and oxygen atoms in total. The van der Waals surface area contributed by atoms with Gasteiger partial charge in [-0.3, -0.25) is 19.0 Å². The Morgan fingerprint density at radius 2 is 1.68 bits per heavy atom. The lowest BCUT2D eigenvalue weighted by Crippen LogP contribution is -2.30. The van der Waals surface area contributed by atoms with Crippen molar-refractivity contribution in [2.24, 2.45) is 7.05 Å². The van der Waals surface area contributed by atoms with E-state index in [2.05, 4.69) is 10.0 Å². The minimum atomic E-state index is -4.43. The van der Waals surface area contributed by atoms with Gasteiger partial charge in [0.2, 0.25) is 0 Å². The Morgan fingerprint density at radius 3 is 2.35 bits per heavy atom. The van der Waals surface area contributed by atoms with Gasteiger partial charge in [0, 0.05) is 17.8 Å². The SMILES string of the molecule is Cc1c(NS(=O)(=O)c2cc(C(=O)OC(C)C(=O)Nc3cccc(Cl)c3)ccc2Cl)c(=O)n(-c2ccccc2)n1C. The van der Waals surface area contributed by atoms with E-state index < -0.39 is 38.5 Å². The molecule has 0 fully saturated rings. The van der Waals surface area contributed by atoms with E-state index in [1.807, 2.05) is 0 Å². The molecule has 0 aliphatic heterocycles. The Balaban J connectivity index is 1.56. The number of ether oxygens (including phenoxy) is 1. The van der Waals surface area contributed by atoms with Crippen LogP contribution in [0.2, 0.25) is 10.0 Å². The normalized spacial score (nSPS) is 12.0. The van der Waals surface area contributed by atoms with Crippen LogP contribution < -0.4 is 15.6 Å². The van der Waals surface area contributed by atoms with Gasteiger partial charge in [-0.15, -0.1) is 0 Å². The van der Waals surface area contributed by atoms with E-state index in [0.29, 0.717) is 22.1 Å². The third-order valence-corrected chi connectivity index (χ3v) is 8.06. The highest BCUT2D eigenvalue weighted by molar-refractivity contribution is 7.92. The molecule has 0 saturated heterocycles. The van der Waals surface area contributed by atoms with Crippen LogP contribution in [0.4, 0.5) is 11.4 Å². The van der Waals surface area contributed by atoms with Crippen LogP contribution in [0.25, 0.3) is 5.69 Å². The third kappa shape index (κ3) is 6.06. The molecule has 1 unspecified atom stereocenters. The number of nitrogens with zero attached hydrogens (tertiary/aromatic N) is 2. The number of nitrogens with one attached hydrogen (secondary N) is 2. The van der Waals surface area contributed by atoms with Gasteiger partial charge in [0.15, 0.2) is 6.10 Å². The van der Waals surface area contributed by atoms with Gasteiger partial charge in [0.25, 0.3) is 21.5 Å². The summed E-state index contributed by atoms with van der Waals surface area (Å²) in [6.45, 7) is 2.95. The average Bonchev–Trinajstić information content (AvgIpc) is 3.11. The first-order valence-electron chi connectivity index (χ1n) is 11.8. The van der Waals surface area contributed by atoms with Gasteiger partial charge in [-0.25, -0.2) is 17.9 Å². The molecule has 1 atom stereocenters. The van der Waals surface area contributed by atoms with E-state index >= 15 is 0 Å². The number of sulfonamides is 1. The van der Waals surface area contributed by atoms with Crippen molar-refractivity contribution in [1.29, 1.82) is 0 Å². The van der Waals surface area contributed by atoms with Crippen LogP contribution in [0.3, 0.4) is 0 Å². The second-order valence-corrected chi connectivity index (χ2v) is 11.2. The number of anilines is 2. The first-order chi connectivity index (χ1) is 18.9. The Hall–Kier alpha value is -4.06. The first kappa shape index (κ1) is 28.9. The van der Waals surface area contributed by atoms with Crippen molar-refractivity contribution >= 4 is 56.5 Å². The fourth-order valence-corrected chi connectivity index (χ4v) is 5.64. The number of hydrogen-bond donors (Lipinski definition) is 2. The molecular weight excluding hydrogens is 579 g/mol. The molecule has 0 saturated carbocycles. The predicted octanol–water partition coefficient (Wildman–Crippen LogP) is 4.78. The van der Waals surface area contributed by atoms with E-state index in [-0.39, 0.29) is 16.3 Å². The topological polar surface area (TPSA) is 128 Å². The zero-order valence-corrected chi connectivity index (χ0v) is 23.8. The molecular formula is C27H24Cl2N4O6S. The quantitative estimate of drug-likeness (QED) is 0.279. The molecule has 1 amide bonds. The molecule has 0 spiro atoms. The van der Waals surface area contributed by atoms with E-state index in [1.54, 1.807) is 62.5 Å². The Morgan fingerprint density at radius 1 is 0.975 bits per heavy atom. The molecule has 0 radical (unpaired) electrons. The number of benzene rings is 3. The Bertz CT molecular complexity index is 1770. The summed E-state index contributed by atoms with van der Waals surface area (Å²) in [6.07, 6.45) is -1.22. The monoisotopic (exact) mass is 602 g/mol. The molecule has 2 N–H and O–H groups in total. The van der Waals surface area contributed by atoms with Crippen molar-refractivity contribution in [1.82, 2.24) is 9.36 Å². The van der Waals surface area contributed by atoms with Gasteiger partial charge < -0.3 is 10.1 Å². The van der Waals surface area contributed by atoms with Crippen molar-refractivity contribution in [3.63, 3.8) is 0 Å². The van der Waals surface area contributed by atoms with Gasteiger partial charge in [0.1, 0.15) is 10.6 Å². The maximum Gasteiger partial charge on any atom is 0.338 e. The lowest BCUT2D eigenvalue weighted by Gasteiger charge is -2.14. The minimum absolute atomic E-state index is 0.168. The molecule has 1 heterocycles. The molecule has 208 valence electrons. The lowest BCUT2D eigenvalue weighted by molar-refractivity contribution is -0.123. The van der Waals surface area contributed by atoms with Gasteiger partial charge in [-0.1, -0.05) is 47.5 Å². The molecule has 4 rings (SSSR count). The van der Waals surface area contributed by atoms with Crippen LogP contribution in [0, 0.1) is 6.92 Å². The second kappa shape index (κ2) is 11.6. The molecule has 1 aromatic heterocycles. The number of rotatable bonds is 8. The van der Waals surface area contributed by atoms with Crippen molar-refractivity contribution in [2.75, 3.05) is 10.0 Å². The predicted molar refractivity (Wildman–Crippen MR) is 153 cm³/mol.